The molecule has 18 heavy (non-hydrogen) atoms. The van der Waals surface area contributed by atoms with E-state index in [-0.39, 0.29) is 18.6 Å². The molecule has 2 unspecified atom stereocenters. The molecule has 1 rings (SSSR count). The highest BCUT2D eigenvalue weighted by molar-refractivity contribution is 6.32. The molecule has 0 aromatic heterocycles. The fraction of sp³-hybridized carbons (Fsp3) is 0.462. The number of carbonyl (C=O) groups is 1. The molecule has 1 amide bonds. The van der Waals surface area contributed by atoms with Gasteiger partial charge in [-0.3, -0.25) is 4.79 Å². The van der Waals surface area contributed by atoms with E-state index in [1.807, 2.05) is 0 Å². The molecule has 5 heteroatoms. The number of carbonyl (C=O) groups excluding carboxylic acids is 1. The van der Waals surface area contributed by atoms with Gasteiger partial charge in [-0.05, 0) is 26.0 Å². The van der Waals surface area contributed by atoms with Crippen LogP contribution in [0.25, 0.3) is 0 Å². The molecule has 1 aromatic rings. The third-order valence-corrected chi connectivity index (χ3v) is 3.07. The quantitative estimate of drug-likeness (QED) is 0.890. The largest absolute Gasteiger partial charge is 0.479 e. The van der Waals surface area contributed by atoms with Crippen LogP contribution in [0.2, 0.25) is 5.02 Å². The Morgan fingerprint density at radius 3 is 2.61 bits per heavy atom. The van der Waals surface area contributed by atoms with Crippen LogP contribution in [0.1, 0.15) is 13.8 Å². The first-order valence-electron chi connectivity index (χ1n) is 5.76. The summed E-state index contributed by atoms with van der Waals surface area (Å²) in [5.41, 5.74) is 0. The number of halogens is 1. The van der Waals surface area contributed by atoms with Crippen molar-refractivity contribution in [1.29, 1.82) is 0 Å². The lowest BCUT2D eigenvalue weighted by atomic mass is 10.2. The summed E-state index contributed by atoms with van der Waals surface area (Å²) in [6.45, 7) is 3.34. The Balaban J connectivity index is 2.68. The van der Waals surface area contributed by atoms with E-state index >= 15 is 0 Å². The zero-order chi connectivity index (χ0) is 13.7. The Morgan fingerprint density at radius 2 is 2.06 bits per heavy atom. The Morgan fingerprint density at radius 1 is 1.44 bits per heavy atom. The molecule has 2 atom stereocenters. The number of benzene rings is 1. The normalized spacial score (nSPS) is 13.8. The van der Waals surface area contributed by atoms with E-state index in [0.717, 1.165) is 0 Å². The van der Waals surface area contributed by atoms with Gasteiger partial charge in [-0.15, -0.1) is 0 Å². The van der Waals surface area contributed by atoms with E-state index in [0.29, 0.717) is 10.8 Å². The number of rotatable bonds is 5. The molecule has 1 N–H and O–H groups in total. The van der Waals surface area contributed by atoms with Crippen LogP contribution in [-0.2, 0) is 4.79 Å². The molecule has 0 saturated carbocycles. The summed E-state index contributed by atoms with van der Waals surface area (Å²) < 4.78 is 5.52. The highest BCUT2D eigenvalue weighted by atomic mass is 35.5. The zero-order valence-corrected chi connectivity index (χ0v) is 11.5. The van der Waals surface area contributed by atoms with Gasteiger partial charge >= 0.3 is 0 Å². The number of nitrogens with zero attached hydrogens (tertiary/aromatic N) is 1. The van der Waals surface area contributed by atoms with Gasteiger partial charge < -0.3 is 14.7 Å². The number of hydrogen-bond donors (Lipinski definition) is 1. The number of aliphatic hydroxyl groups excluding tert-OH is 1. The fourth-order valence-corrected chi connectivity index (χ4v) is 1.59. The molecule has 0 bridgehead atoms. The second-order valence-electron chi connectivity index (χ2n) is 4.17. The van der Waals surface area contributed by atoms with Crippen LogP contribution in [0, 0.1) is 0 Å². The third kappa shape index (κ3) is 3.62. The first-order chi connectivity index (χ1) is 8.47. The maximum absolute atomic E-state index is 12.0. The van der Waals surface area contributed by atoms with Crippen molar-refractivity contribution in [3.8, 4) is 5.75 Å². The molecule has 0 spiro atoms. The minimum Gasteiger partial charge on any atom is -0.479 e. The lowest BCUT2D eigenvalue weighted by Crippen LogP contribution is -2.44. The monoisotopic (exact) mass is 271 g/mol. The molecule has 4 nitrogen and oxygen atoms in total. The summed E-state index contributed by atoms with van der Waals surface area (Å²) in [6.07, 6.45) is -0.649. The highest BCUT2D eigenvalue weighted by Gasteiger charge is 2.23. The van der Waals surface area contributed by atoms with Gasteiger partial charge in [0, 0.05) is 7.05 Å². The molecule has 0 aliphatic rings. The second kappa shape index (κ2) is 6.61. The summed E-state index contributed by atoms with van der Waals surface area (Å²) >= 11 is 5.95. The van der Waals surface area contributed by atoms with Crippen LogP contribution in [-0.4, -0.2) is 41.7 Å². The van der Waals surface area contributed by atoms with E-state index in [1.54, 1.807) is 45.2 Å². The topological polar surface area (TPSA) is 49.8 Å². The van der Waals surface area contributed by atoms with Crippen molar-refractivity contribution in [1.82, 2.24) is 4.90 Å². The summed E-state index contributed by atoms with van der Waals surface area (Å²) in [6, 6.07) is 6.75. The van der Waals surface area contributed by atoms with E-state index in [1.165, 1.54) is 4.90 Å². The van der Waals surface area contributed by atoms with Crippen molar-refractivity contribution in [3.05, 3.63) is 29.3 Å². The number of aliphatic hydroxyl groups is 1. The number of para-hydroxylation sites is 1. The zero-order valence-electron chi connectivity index (χ0n) is 10.8. The lowest BCUT2D eigenvalue weighted by Gasteiger charge is -2.26. The van der Waals surface area contributed by atoms with Crippen LogP contribution in [0.15, 0.2) is 24.3 Å². The molecule has 0 heterocycles. The minimum absolute atomic E-state index is 0.0823. The molecule has 1 aromatic carbocycles. The van der Waals surface area contributed by atoms with E-state index < -0.39 is 6.10 Å². The van der Waals surface area contributed by atoms with Gasteiger partial charge in [-0.2, -0.15) is 0 Å². The van der Waals surface area contributed by atoms with Gasteiger partial charge in [0.15, 0.2) is 6.10 Å². The standard InChI is InChI=1S/C13H18ClNO3/c1-9(8-16)15(3)13(17)10(2)18-12-7-5-4-6-11(12)14/h4-7,9-10,16H,8H2,1-3H3. The number of hydrogen-bond acceptors (Lipinski definition) is 3. The van der Waals surface area contributed by atoms with Gasteiger partial charge in [0.05, 0.1) is 17.7 Å². The maximum atomic E-state index is 12.0. The molecule has 0 aliphatic heterocycles. The van der Waals surface area contributed by atoms with Gasteiger partial charge in [-0.1, -0.05) is 23.7 Å². The van der Waals surface area contributed by atoms with Crippen molar-refractivity contribution in [2.75, 3.05) is 13.7 Å². The predicted molar refractivity (Wildman–Crippen MR) is 70.9 cm³/mol. The Labute approximate surface area is 112 Å². The first-order valence-corrected chi connectivity index (χ1v) is 6.14. The van der Waals surface area contributed by atoms with E-state index in [2.05, 4.69) is 0 Å². The van der Waals surface area contributed by atoms with Crippen molar-refractivity contribution >= 4 is 17.5 Å². The van der Waals surface area contributed by atoms with Crippen molar-refractivity contribution in [2.24, 2.45) is 0 Å². The van der Waals surface area contributed by atoms with E-state index in [4.69, 9.17) is 21.4 Å². The molecule has 0 radical (unpaired) electrons. The molecule has 0 aliphatic carbocycles. The van der Waals surface area contributed by atoms with Crippen LogP contribution >= 0.6 is 11.6 Å². The van der Waals surface area contributed by atoms with Gasteiger partial charge in [-0.25, -0.2) is 0 Å². The van der Waals surface area contributed by atoms with Crippen molar-refractivity contribution in [3.63, 3.8) is 0 Å². The molecule has 0 saturated heterocycles. The van der Waals surface area contributed by atoms with Crippen LogP contribution in [0.4, 0.5) is 0 Å². The molecular formula is C13H18ClNO3. The Kier molecular flexibility index (Phi) is 5.44. The third-order valence-electron chi connectivity index (χ3n) is 2.76. The van der Waals surface area contributed by atoms with Crippen LogP contribution in [0.3, 0.4) is 0 Å². The number of amides is 1. The van der Waals surface area contributed by atoms with Crippen LogP contribution < -0.4 is 4.74 Å². The van der Waals surface area contributed by atoms with Gasteiger partial charge in [0.25, 0.3) is 5.91 Å². The minimum atomic E-state index is -0.649. The fourth-order valence-electron chi connectivity index (χ4n) is 1.41. The summed E-state index contributed by atoms with van der Waals surface area (Å²) in [5.74, 6) is 0.279. The Bertz CT molecular complexity index is 411. The first kappa shape index (κ1) is 14.8. The highest BCUT2D eigenvalue weighted by Crippen LogP contribution is 2.24. The Hall–Kier alpha value is -1.26. The predicted octanol–water partition coefficient (Wildman–Crippen LogP) is 1.95. The van der Waals surface area contributed by atoms with Crippen molar-refractivity contribution in [2.45, 2.75) is 26.0 Å². The average Bonchev–Trinajstić information content (AvgIpc) is 2.38. The number of ether oxygens (including phenoxy) is 1. The van der Waals surface area contributed by atoms with Gasteiger partial charge in [0.2, 0.25) is 0 Å². The molecule has 0 fully saturated rings. The van der Waals surface area contributed by atoms with Gasteiger partial charge in [0.1, 0.15) is 5.75 Å². The van der Waals surface area contributed by atoms with Crippen LogP contribution in [0.5, 0.6) is 5.75 Å². The summed E-state index contributed by atoms with van der Waals surface area (Å²) in [4.78, 5) is 13.5. The maximum Gasteiger partial charge on any atom is 0.263 e. The SMILES string of the molecule is CC(Oc1ccccc1Cl)C(=O)N(C)C(C)CO. The molecule has 100 valence electrons. The second-order valence-corrected chi connectivity index (χ2v) is 4.58. The lowest BCUT2D eigenvalue weighted by molar-refractivity contribution is -0.139. The average molecular weight is 272 g/mol. The summed E-state index contributed by atoms with van der Waals surface area (Å²) in [5, 5.41) is 9.48. The van der Waals surface area contributed by atoms with Crippen molar-refractivity contribution < 1.29 is 14.6 Å². The molecular weight excluding hydrogens is 254 g/mol. The number of likely N-dealkylation sites (N-methyl/N-ethyl adjacent to an activating group) is 1. The van der Waals surface area contributed by atoms with E-state index in [9.17, 15) is 4.79 Å². The summed E-state index contributed by atoms with van der Waals surface area (Å²) in [7, 11) is 1.63. The smallest absolute Gasteiger partial charge is 0.263 e.